The zero-order valence-corrected chi connectivity index (χ0v) is 12.4. The number of carbonyl (C=O) groups excluding carboxylic acids is 3. The van der Waals surface area contributed by atoms with E-state index in [1.165, 1.54) is 4.90 Å². The minimum absolute atomic E-state index is 0.0369. The van der Waals surface area contributed by atoms with E-state index in [0.29, 0.717) is 5.56 Å². The molecule has 110 valence electrons. The third kappa shape index (κ3) is 2.27. The molecule has 1 aliphatic carbocycles. The molecule has 1 saturated carbocycles. The van der Waals surface area contributed by atoms with E-state index in [9.17, 15) is 14.4 Å². The second-order valence-electron chi connectivity index (χ2n) is 5.56. The lowest BCUT2D eigenvalue weighted by molar-refractivity contribution is 0.0547. The third-order valence-electron chi connectivity index (χ3n) is 4.31. The Morgan fingerprint density at radius 3 is 2.52 bits per heavy atom. The van der Waals surface area contributed by atoms with E-state index >= 15 is 0 Å². The first-order chi connectivity index (χ1) is 10.1. The Morgan fingerprint density at radius 2 is 1.86 bits per heavy atom. The number of fused-ring (bicyclic) bond motifs is 1. The van der Waals surface area contributed by atoms with Crippen molar-refractivity contribution in [3.05, 3.63) is 34.9 Å². The van der Waals surface area contributed by atoms with Crippen molar-refractivity contribution < 1.29 is 14.4 Å². The van der Waals surface area contributed by atoms with Gasteiger partial charge in [-0.05, 0) is 18.9 Å². The summed E-state index contributed by atoms with van der Waals surface area (Å²) in [7, 11) is 0. The summed E-state index contributed by atoms with van der Waals surface area (Å²) in [5.74, 6) is -1.12. The summed E-state index contributed by atoms with van der Waals surface area (Å²) in [6.45, 7) is 0. The average Bonchev–Trinajstić information content (AvgIpc) is 2.79. The van der Waals surface area contributed by atoms with Crippen LogP contribution in [-0.2, 0) is 0 Å². The highest BCUT2D eigenvalue weighted by Gasteiger charge is 2.42. The molecule has 21 heavy (non-hydrogen) atoms. The number of amides is 2. The highest BCUT2D eigenvalue weighted by Crippen LogP contribution is 2.32. The highest BCUT2D eigenvalue weighted by molar-refractivity contribution is 6.33. The first-order valence-corrected chi connectivity index (χ1v) is 7.78. The van der Waals surface area contributed by atoms with Gasteiger partial charge in [0.15, 0.2) is 5.78 Å². The van der Waals surface area contributed by atoms with Crippen molar-refractivity contribution in [2.45, 2.75) is 38.1 Å². The van der Waals surface area contributed by atoms with Crippen molar-refractivity contribution in [3.8, 4) is 0 Å². The molecule has 0 N–H and O–H groups in total. The molecule has 5 heteroatoms. The van der Waals surface area contributed by atoms with Crippen molar-refractivity contribution in [1.82, 2.24) is 4.90 Å². The van der Waals surface area contributed by atoms with Gasteiger partial charge in [0.25, 0.3) is 11.8 Å². The Morgan fingerprint density at radius 1 is 1.14 bits per heavy atom. The van der Waals surface area contributed by atoms with Crippen LogP contribution in [0.5, 0.6) is 0 Å². The van der Waals surface area contributed by atoms with Gasteiger partial charge in [-0.15, -0.1) is 11.6 Å². The maximum atomic E-state index is 12.7. The van der Waals surface area contributed by atoms with Crippen LogP contribution in [0.1, 0.15) is 63.2 Å². The zero-order valence-electron chi connectivity index (χ0n) is 11.6. The molecule has 0 atom stereocenters. The Balaban J connectivity index is 2.02. The van der Waals surface area contributed by atoms with Crippen LogP contribution in [-0.4, -0.2) is 34.4 Å². The van der Waals surface area contributed by atoms with Crippen LogP contribution in [0.15, 0.2) is 18.2 Å². The lowest BCUT2D eigenvalue weighted by Crippen LogP contribution is -2.41. The number of carbonyl (C=O) groups is 3. The highest BCUT2D eigenvalue weighted by atomic mass is 35.5. The molecule has 0 bridgehead atoms. The first kappa shape index (κ1) is 14.3. The topological polar surface area (TPSA) is 54.5 Å². The normalized spacial score (nSPS) is 19.0. The number of alkyl halides is 1. The van der Waals surface area contributed by atoms with Crippen LogP contribution < -0.4 is 0 Å². The SMILES string of the molecule is O=C(CCl)c1cccc2c1C(=O)N(C1CCCCC1)C2=O. The van der Waals surface area contributed by atoms with E-state index in [4.69, 9.17) is 11.6 Å². The predicted octanol–water partition coefficient (Wildman–Crippen LogP) is 3.04. The molecule has 1 aromatic rings. The predicted molar refractivity (Wildman–Crippen MR) is 78.9 cm³/mol. The molecule has 1 heterocycles. The first-order valence-electron chi connectivity index (χ1n) is 7.25. The third-order valence-corrected chi connectivity index (χ3v) is 4.55. The Labute approximate surface area is 128 Å². The molecule has 1 fully saturated rings. The van der Waals surface area contributed by atoms with Gasteiger partial charge in [0.2, 0.25) is 0 Å². The van der Waals surface area contributed by atoms with Crippen LogP contribution in [0.25, 0.3) is 0 Å². The quantitative estimate of drug-likeness (QED) is 0.490. The van der Waals surface area contributed by atoms with Crippen LogP contribution in [0.2, 0.25) is 0 Å². The van der Waals surface area contributed by atoms with Gasteiger partial charge in [-0.3, -0.25) is 19.3 Å². The van der Waals surface area contributed by atoms with E-state index in [1.807, 2.05) is 0 Å². The van der Waals surface area contributed by atoms with E-state index in [0.717, 1.165) is 32.1 Å². The Hall–Kier alpha value is -1.68. The molecule has 0 aromatic heterocycles. The molecule has 3 rings (SSSR count). The van der Waals surface area contributed by atoms with Gasteiger partial charge in [0.05, 0.1) is 17.0 Å². The van der Waals surface area contributed by atoms with Gasteiger partial charge in [0.1, 0.15) is 0 Å². The van der Waals surface area contributed by atoms with Gasteiger partial charge in [-0.25, -0.2) is 0 Å². The second kappa shape index (κ2) is 5.60. The molecule has 4 nitrogen and oxygen atoms in total. The fourth-order valence-corrected chi connectivity index (χ4v) is 3.42. The Kier molecular flexibility index (Phi) is 3.81. The van der Waals surface area contributed by atoms with Crippen molar-refractivity contribution >= 4 is 29.2 Å². The summed E-state index contributed by atoms with van der Waals surface area (Å²) in [6, 6.07) is 4.78. The van der Waals surface area contributed by atoms with Gasteiger partial charge in [0, 0.05) is 11.6 Å². The van der Waals surface area contributed by atoms with Crippen LogP contribution in [0.3, 0.4) is 0 Å². The Bertz CT molecular complexity index is 620. The molecular formula is C16H16ClNO3. The number of hydrogen-bond donors (Lipinski definition) is 0. The van der Waals surface area contributed by atoms with Crippen LogP contribution >= 0.6 is 11.6 Å². The lowest BCUT2D eigenvalue weighted by Gasteiger charge is -2.29. The number of halogens is 1. The summed E-state index contributed by atoms with van der Waals surface area (Å²) in [6.07, 6.45) is 4.92. The van der Waals surface area contributed by atoms with Crippen molar-refractivity contribution in [3.63, 3.8) is 0 Å². The van der Waals surface area contributed by atoms with Gasteiger partial charge >= 0.3 is 0 Å². The summed E-state index contributed by atoms with van der Waals surface area (Å²) >= 11 is 5.60. The number of benzene rings is 1. The van der Waals surface area contributed by atoms with E-state index in [1.54, 1.807) is 18.2 Å². The van der Waals surface area contributed by atoms with E-state index in [2.05, 4.69) is 0 Å². The fraction of sp³-hybridized carbons (Fsp3) is 0.438. The summed E-state index contributed by atoms with van der Waals surface area (Å²) < 4.78 is 0. The second-order valence-corrected chi connectivity index (χ2v) is 5.82. The number of Topliss-reactive ketones (excluding diaryl/α,β-unsaturated/α-hetero) is 1. The minimum Gasteiger partial charge on any atom is -0.293 e. The molecule has 2 aliphatic rings. The average molecular weight is 306 g/mol. The van der Waals surface area contributed by atoms with E-state index < -0.39 is 0 Å². The summed E-state index contributed by atoms with van der Waals surface area (Å²) in [4.78, 5) is 38.4. The van der Waals surface area contributed by atoms with Crippen molar-refractivity contribution in [2.24, 2.45) is 0 Å². The zero-order chi connectivity index (χ0) is 15.0. The minimum atomic E-state index is -0.337. The fourth-order valence-electron chi connectivity index (χ4n) is 3.28. The van der Waals surface area contributed by atoms with Crippen LogP contribution in [0.4, 0.5) is 0 Å². The molecule has 0 spiro atoms. The van der Waals surface area contributed by atoms with Crippen molar-refractivity contribution in [2.75, 3.05) is 5.88 Å². The largest absolute Gasteiger partial charge is 0.293 e. The van der Waals surface area contributed by atoms with Gasteiger partial charge in [-0.1, -0.05) is 31.4 Å². The molecule has 2 amide bonds. The number of hydrogen-bond acceptors (Lipinski definition) is 3. The van der Waals surface area contributed by atoms with E-state index in [-0.39, 0.29) is 40.6 Å². The number of rotatable bonds is 3. The smallest absolute Gasteiger partial charge is 0.262 e. The summed E-state index contributed by atoms with van der Waals surface area (Å²) in [5.41, 5.74) is 0.833. The van der Waals surface area contributed by atoms with Gasteiger partial charge in [-0.2, -0.15) is 0 Å². The monoisotopic (exact) mass is 305 g/mol. The van der Waals surface area contributed by atoms with Crippen molar-refractivity contribution in [1.29, 1.82) is 0 Å². The molecule has 1 aliphatic heterocycles. The maximum absolute atomic E-state index is 12.7. The number of imide groups is 1. The van der Waals surface area contributed by atoms with Gasteiger partial charge < -0.3 is 0 Å². The van der Waals surface area contributed by atoms with Crippen LogP contribution in [0, 0.1) is 0 Å². The lowest BCUT2D eigenvalue weighted by atomic mass is 9.94. The molecule has 1 aromatic carbocycles. The summed E-state index contributed by atoms with van der Waals surface area (Å²) in [5, 5.41) is 0. The number of ketones is 1. The number of nitrogens with zero attached hydrogens (tertiary/aromatic N) is 1. The molecule has 0 radical (unpaired) electrons. The maximum Gasteiger partial charge on any atom is 0.262 e. The molecular weight excluding hydrogens is 290 g/mol. The standard InChI is InChI=1S/C16H16ClNO3/c17-9-13(19)11-7-4-8-12-14(11)16(21)18(15(12)20)10-5-2-1-3-6-10/h4,7-8,10H,1-3,5-6,9H2. The molecule has 0 saturated heterocycles. The molecule has 0 unspecified atom stereocenters.